The van der Waals surface area contributed by atoms with E-state index in [-0.39, 0.29) is 18.3 Å². The molecule has 1 unspecified atom stereocenters. The molecular weight excluding hydrogens is 340 g/mol. The molecule has 2 N–H and O–H groups in total. The van der Waals surface area contributed by atoms with E-state index in [9.17, 15) is 4.79 Å². The standard InChI is InChI=1S/C18H28N4O2.ClH/c1-2-24-17-5-3-15(4-6-17)20-18(23)14-21-9-11-22(12-10-21)16-7-8-19-13-16;/h3-6,16,19H,2,7-14H2,1H3,(H,20,23);1H. The third kappa shape index (κ3) is 5.85. The molecule has 0 aliphatic carbocycles. The smallest absolute Gasteiger partial charge is 0.238 e. The zero-order chi connectivity index (χ0) is 16.8. The summed E-state index contributed by atoms with van der Waals surface area (Å²) < 4.78 is 5.41. The van der Waals surface area contributed by atoms with Crippen molar-refractivity contribution in [1.82, 2.24) is 15.1 Å². The molecule has 0 spiro atoms. The Kier molecular flexibility index (Phi) is 7.96. The molecule has 1 atom stereocenters. The number of hydrogen-bond donors (Lipinski definition) is 2. The maximum atomic E-state index is 12.2. The van der Waals surface area contributed by atoms with Crippen molar-refractivity contribution in [2.45, 2.75) is 19.4 Å². The van der Waals surface area contributed by atoms with Gasteiger partial charge in [0.2, 0.25) is 5.91 Å². The van der Waals surface area contributed by atoms with E-state index in [0.29, 0.717) is 19.2 Å². The number of carbonyl (C=O) groups excluding carboxylic acids is 1. The summed E-state index contributed by atoms with van der Waals surface area (Å²) in [6, 6.07) is 8.22. The second-order valence-electron chi connectivity index (χ2n) is 6.46. The van der Waals surface area contributed by atoms with E-state index in [4.69, 9.17) is 4.74 Å². The zero-order valence-electron chi connectivity index (χ0n) is 14.9. The number of carbonyl (C=O) groups is 1. The van der Waals surface area contributed by atoms with Gasteiger partial charge < -0.3 is 15.4 Å². The summed E-state index contributed by atoms with van der Waals surface area (Å²) >= 11 is 0. The summed E-state index contributed by atoms with van der Waals surface area (Å²) in [6.07, 6.45) is 1.25. The van der Waals surface area contributed by atoms with Crippen LogP contribution in [0, 0.1) is 0 Å². The lowest BCUT2D eigenvalue weighted by Gasteiger charge is -2.37. The Labute approximate surface area is 156 Å². The quantitative estimate of drug-likeness (QED) is 0.795. The van der Waals surface area contributed by atoms with Crippen molar-refractivity contribution >= 4 is 24.0 Å². The van der Waals surface area contributed by atoms with Gasteiger partial charge in [-0.3, -0.25) is 14.6 Å². The van der Waals surface area contributed by atoms with Crippen molar-refractivity contribution in [2.24, 2.45) is 0 Å². The first-order chi connectivity index (χ1) is 11.7. The Morgan fingerprint density at radius 2 is 1.96 bits per heavy atom. The number of amides is 1. The van der Waals surface area contributed by atoms with E-state index in [1.807, 2.05) is 31.2 Å². The summed E-state index contributed by atoms with van der Waals surface area (Å²) in [5, 5.41) is 6.39. The van der Waals surface area contributed by atoms with Gasteiger partial charge in [-0.1, -0.05) is 0 Å². The van der Waals surface area contributed by atoms with Crippen LogP contribution in [-0.4, -0.2) is 74.2 Å². The highest BCUT2D eigenvalue weighted by Gasteiger charge is 2.26. The molecule has 1 aromatic rings. The minimum atomic E-state index is 0. The van der Waals surface area contributed by atoms with Gasteiger partial charge in [0.15, 0.2) is 0 Å². The van der Waals surface area contributed by atoms with Crippen molar-refractivity contribution in [2.75, 3.05) is 57.7 Å². The zero-order valence-corrected chi connectivity index (χ0v) is 15.7. The monoisotopic (exact) mass is 368 g/mol. The van der Waals surface area contributed by atoms with E-state index in [1.54, 1.807) is 0 Å². The summed E-state index contributed by atoms with van der Waals surface area (Å²) in [6.45, 7) is 9.36. The predicted molar refractivity (Wildman–Crippen MR) is 103 cm³/mol. The van der Waals surface area contributed by atoms with E-state index in [1.165, 1.54) is 6.42 Å². The third-order valence-electron chi connectivity index (χ3n) is 4.77. The molecule has 2 aliphatic rings. The minimum absolute atomic E-state index is 0. The van der Waals surface area contributed by atoms with Crippen LogP contribution < -0.4 is 15.4 Å². The van der Waals surface area contributed by atoms with Gasteiger partial charge in [-0.2, -0.15) is 0 Å². The van der Waals surface area contributed by atoms with Crippen molar-refractivity contribution in [3.63, 3.8) is 0 Å². The number of nitrogens with zero attached hydrogens (tertiary/aromatic N) is 2. The highest BCUT2D eigenvalue weighted by atomic mass is 35.5. The van der Waals surface area contributed by atoms with Crippen molar-refractivity contribution in [3.05, 3.63) is 24.3 Å². The predicted octanol–water partition coefficient (Wildman–Crippen LogP) is 1.43. The van der Waals surface area contributed by atoms with Gasteiger partial charge >= 0.3 is 0 Å². The lowest BCUT2D eigenvalue weighted by Crippen LogP contribution is -2.52. The number of halogens is 1. The first-order valence-electron chi connectivity index (χ1n) is 8.94. The van der Waals surface area contributed by atoms with Crippen LogP contribution in [0.4, 0.5) is 5.69 Å². The number of rotatable bonds is 6. The number of anilines is 1. The molecule has 2 fully saturated rings. The molecule has 2 heterocycles. The molecule has 0 saturated carbocycles. The van der Waals surface area contributed by atoms with Gasteiger partial charge in [-0.25, -0.2) is 0 Å². The van der Waals surface area contributed by atoms with Crippen molar-refractivity contribution in [3.8, 4) is 5.75 Å². The van der Waals surface area contributed by atoms with Crippen LogP contribution in [0.2, 0.25) is 0 Å². The molecular formula is C18H29ClN4O2. The lowest BCUT2D eigenvalue weighted by molar-refractivity contribution is -0.117. The molecule has 1 amide bonds. The largest absolute Gasteiger partial charge is 0.494 e. The van der Waals surface area contributed by atoms with Gasteiger partial charge in [0.25, 0.3) is 0 Å². The Hall–Kier alpha value is -1.34. The fourth-order valence-corrected chi connectivity index (χ4v) is 3.44. The molecule has 1 aromatic carbocycles. The number of ether oxygens (including phenoxy) is 1. The van der Waals surface area contributed by atoms with E-state index in [2.05, 4.69) is 20.4 Å². The Morgan fingerprint density at radius 1 is 1.24 bits per heavy atom. The van der Waals surface area contributed by atoms with E-state index >= 15 is 0 Å². The average Bonchev–Trinajstić information content (AvgIpc) is 3.12. The highest BCUT2D eigenvalue weighted by molar-refractivity contribution is 5.92. The van der Waals surface area contributed by atoms with Crippen LogP contribution >= 0.6 is 12.4 Å². The molecule has 7 heteroatoms. The van der Waals surface area contributed by atoms with E-state index < -0.39 is 0 Å². The van der Waals surface area contributed by atoms with Crippen LogP contribution in [0.1, 0.15) is 13.3 Å². The molecule has 0 aromatic heterocycles. The second-order valence-corrected chi connectivity index (χ2v) is 6.46. The van der Waals surface area contributed by atoms with E-state index in [0.717, 1.165) is 50.7 Å². The maximum Gasteiger partial charge on any atom is 0.238 e. The lowest BCUT2D eigenvalue weighted by atomic mass is 10.2. The molecule has 3 rings (SSSR count). The van der Waals surface area contributed by atoms with Gasteiger partial charge in [0.1, 0.15) is 5.75 Å². The van der Waals surface area contributed by atoms with Gasteiger partial charge in [0, 0.05) is 44.5 Å². The van der Waals surface area contributed by atoms with Crippen molar-refractivity contribution in [1.29, 1.82) is 0 Å². The third-order valence-corrected chi connectivity index (χ3v) is 4.77. The van der Waals surface area contributed by atoms with Gasteiger partial charge in [-0.15, -0.1) is 12.4 Å². The topological polar surface area (TPSA) is 56.8 Å². The van der Waals surface area contributed by atoms with Crippen LogP contribution in [0.25, 0.3) is 0 Å². The van der Waals surface area contributed by atoms with Crippen LogP contribution in [0.5, 0.6) is 5.75 Å². The number of piperazine rings is 1. The fourth-order valence-electron chi connectivity index (χ4n) is 3.44. The fraction of sp³-hybridized carbons (Fsp3) is 0.611. The highest BCUT2D eigenvalue weighted by Crippen LogP contribution is 2.16. The normalized spacial score (nSPS) is 21.6. The Bertz CT molecular complexity index is 526. The number of hydrogen-bond acceptors (Lipinski definition) is 5. The molecule has 140 valence electrons. The molecule has 6 nitrogen and oxygen atoms in total. The summed E-state index contributed by atoms with van der Waals surface area (Å²) in [5.74, 6) is 0.878. The minimum Gasteiger partial charge on any atom is -0.494 e. The average molecular weight is 369 g/mol. The van der Waals surface area contributed by atoms with Crippen LogP contribution in [0.15, 0.2) is 24.3 Å². The van der Waals surface area contributed by atoms with Crippen LogP contribution in [0.3, 0.4) is 0 Å². The number of nitrogens with one attached hydrogen (secondary N) is 2. The first kappa shape index (κ1) is 20.0. The molecule has 0 radical (unpaired) electrons. The maximum absolute atomic E-state index is 12.2. The Morgan fingerprint density at radius 3 is 2.56 bits per heavy atom. The van der Waals surface area contributed by atoms with Gasteiger partial charge in [0.05, 0.1) is 13.2 Å². The molecule has 2 aliphatic heterocycles. The molecule has 25 heavy (non-hydrogen) atoms. The molecule has 0 bridgehead atoms. The van der Waals surface area contributed by atoms with Crippen molar-refractivity contribution < 1.29 is 9.53 Å². The van der Waals surface area contributed by atoms with Crippen LogP contribution in [-0.2, 0) is 4.79 Å². The first-order valence-corrected chi connectivity index (χ1v) is 8.94. The van der Waals surface area contributed by atoms with Gasteiger partial charge in [-0.05, 0) is 44.2 Å². The SMILES string of the molecule is CCOc1ccc(NC(=O)CN2CCN(C3CCNC3)CC2)cc1.Cl. The second kappa shape index (κ2) is 9.97. The molecule has 2 saturated heterocycles. The summed E-state index contributed by atoms with van der Waals surface area (Å²) in [4.78, 5) is 17.0. The summed E-state index contributed by atoms with van der Waals surface area (Å²) in [5.41, 5.74) is 0.819. The Balaban J connectivity index is 0.00000225. The summed E-state index contributed by atoms with van der Waals surface area (Å²) in [7, 11) is 0. The number of benzene rings is 1.